The van der Waals surface area contributed by atoms with Crippen molar-refractivity contribution in [3.63, 3.8) is 0 Å². The Balaban J connectivity index is 2.01. The molecule has 1 saturated carbocycles. The van der Waals surface area contributed by atoms with Crippen LogP contribution in [0.3, 0.4) is 0 Å². The molecule has 1 aliphatic heterocycles. The summed E-state index contributed by atoms with van der Waals surface area (Å²) in [5.41, 5.74) is 2.24. The maximum atomic E-state index is 12.7. The van der Waals surface area contributed by atoms with Crippen LogP contribution in [0.15, 0.2) is 0 Å². The number of nitrogens with zero attached hydrogens (tertiary/aromatic N) is 1. The predicted molar refractivity (Wildman–Crippen MR) is 37.2 cm³/mol. The molecule has 1 N–H and O–H groups in total. The zero-order valence-corrected chi connectivity index (χ0v) is 6.53. The number of hydrogen-bond acceptors (Lipinski definition) is 2. The fourth-order valence-corrected chi connectivity index (χ4v) is 1.89. The maximum absolute atomic E-state index is 12.7. The number of alkyl halides is 2. The Hall–Kier alpha value is -0.220. The van der Waals surface area contributed by atoms with E-state index in [-0.39, 0.29) is 6.42 Å². The molecule has 0 aromatic rings. The normalized spacial score (nSPS) is 41.7. The van der Waals surface area contributed by atoms with Gasteiger partial charge < -0.3 is 0 Å². The highest BCUT2D eigenvalue weighted by atomic mass is 19.3. The van der Waals surface area contributed by atoms with Gasteiger partial charge >= 0.3 is 0 Å². The lowest BCUT2D eigenvalue weighted by Crippen LogP contribution is -2.33. The molecule has 0 aromatic heterocycles. The number of hydrazine groups is 1. The first-order chi connectivity index (χ1) is 5.10. The first-order valence-corrected chi connectivity index (χ1v) is 3.90. The Morgan fingerprint density at radius 2 is 2.09 bits per heavy atom. The van der Waals surface area contributed by atoms with Gasteiger partial charge in [-0.1, -0.05) is 0 Å². The molecule has 0 radical (unpaired) electrons. The van der Waals surface area contributed by atoms with E-state index >= 15 is 0 Å². The monoisotopic (exact) mass is 162 g/mol. The summed E-state index contributed by atoms with van der Waals surface area (Å²) in [7, 11) is 1.78. The van der Waals surface area contributed by atoms with Crippen molar-refractivity contribution in [3.8, 4) is 0 Å². The Morgan fingerprint density at radius 1 is 1.45 bits per heavy atom. The summed E-state index contributed by atoms with van der Waals surface area (Å²) in [5, 5.41) is 1.86. The molecule has 2 fully saturated rings. The Kier molecular flexibility index (Phi) is 1.30. The number of hydrogen-bond donors (Lipinski definition) is 1. The molecule has 1 aliphatic carbocycles. The van der Waals surface area contributed by atoms with Crippen molar-refractivity contribution in [2.75, 3.05) is 20.1 Å². The first-order valence-electron chi connectivity index (χ1n) is 3.90. The summed E-state index contributed by atoms with van der Waals surface area (Å²) in [5.74, 6) is -2.38. The largest absolute Gasteiger partial charge is 0.258 e. The van der Waals surface area contributed by atoms with Gasteiger partial charge in [0.2, 0.25) is 0 Å². The van der Waals surface area contributed by atoms with Crippen molar-refractivity contribution < 1.29 is 8.78 Å². The van der Waals surface area contributed by atoms with Gasteiger partial charge in [0.25, 0.3) is 5.92 Å². The van der Waals surface area contributed by atoms with Gasteiger partial charge in [0.1, 0.15) is 0 Å². The van der Waals surface area contributed by atoms with Crippen LogP contribution < -0.4 is 5.43 Å². The van der Waals surface area contributed by atoms with Gasteiger partial charge in [-0.2, -0.15) is 0 Å². The van der Waals surface area contributed by atoms with E-state index in [1.54, 1.807) is 7.05 Å². The van der Waals surface area contributed by atoms with E-state index in [4.69, 9.17) is 0 Å². The Labute approximate surface area is 64.5 Å². The number of rotatable bonds is 1. The highest BCUT2D eigenvalue weighted by Crippen LogP contribution is 2.64. The average molecular weight is 162 g/mol. The molecule has 1 heterocycles. The molecular formula is C7H12F2N2. The third-order valence-corrected chi connectivity index (χ3v) is 2.88. The Morgan fingerprint density at radius 3 is 2.36 bits per heavy atom. The third kappa shape index (κ3) is 0.891. The highest BCUT2D eigenvalue weighted by Gasteiger charge is 2.72. The second kappa shape index (κ2) is 1.93. The van der Waals surface area contributed by atoms with Crippen LogP contribution in [0.25, 0.3) is 0 Å². The zero-order valence-electron chi connectivity index (χ0n) is 6.53. The molecule has 11 heavy (non-hydrogen) atoms. The summed E-state index contributed by atoms with van der Waals surface area (Å²) in [6.07, 6.45) is 0.735. The maximum Gasteiger partial charge on any atom is 0.256 e. The van der Waals surface area contributed by atoms with Crippen molar-refractivity contribution in [2.24, 2.45) is 5.41 Å². The summed E-state index contributed by atoms with van der Waals surface area (Å²) in [6.45, 7) is 1.27. The third-order valence-electron chi connectivity index (χ3n) is 2.88. The van der Waals surface area contributed by atoms with Crippen LogP contribution in [0, 0.1) is 5.41 Å². The van der Waals surface area contributed by atoms with Gasteiger partial charge in [-0.05, 0) is 13.5 Å². The van der Waals surface area contributed by atoms with Crippen LogP contribution >= 0.6 is 0 Å². The topological polar surface area (TPSA) is 15.3 Å². The van der Waals surface area contributed by atoms with E-state index in [1.807, 2.05) is 5.01 Å². The molecule has 1 unspecified atom stereocenters. The van der Waals surface area contributed by atoms with Gasteiger partial charge in [0, 0.05) is 19.5 Å². The molecule has 1 saturated heterocycles. The molecule has 2 nitrogen and oxygen atoms in total. The molecular weight excluding hydrogens is 150 g/mol. The molecule has 0 aromatic carbocycles. The molecule has 2 rings (SSSR count). The van der Waals surface area contributed by atoms with Crippen LogP contribution in [0.4, 0.5) is 8.78 Å². The number of nitrogens with one attached hydrogen (secondary N) is 1. The van der Waals surface area contributed by atoms with Gasteiger partial charge in [-0.3, -0.25) is 5.43 Å². The van der Waals surface area contributed by atoms with E-state index in [9.17, 15) is 8.78 Å². The minimum atomic E-state index is -2.38. The van der Waals surface area contributed by atoms with Gasteiger partial charge in [0.15, 0.2) is 0 Å². The standard InChI is InChI=1S/C7H12F2N2/c1-10-11-3-2-6(5-11)4-7(6,8)9/h10H,2-5H2,1H3. The molecule has 1 atom stereocenters. The van der Waals surface area contributed by atoms with Crippen molar-refractivity contribution in [2.45, 2.75) is 18.8 Å². The van der Waals surface area contributed by atoms with Crippen LogP contribution in [-0.4, -0.2) is 31.1 Å². The average Bonchev–Trinajstić information content (AvgIpc) is 2.35. The predicted octanol–water partition coefficient (Wildman–Crippen LogP) is 0.852. The minimum Gasteiger partial charge on any atom is -0.258 e. The molecule has 4 heteroatoms. The lowest BCUT2D eigenvalue weighted by atomic mass is 10.1. The molecule has 0 amide bonds. The van der Waals surface area contributed by atoms with Crippen LogP contribution in [0.5, 0.6) is 0 Å². The van der Waals surface area contributed by atoms with E-state index < -0.39 is 11.3 Å². The minimum absolute atomic E-state index is 0.0954. The quantitative estimate of drug-likeness (QED) is 0.615. The van der Waals surface area contributed by atoms with Gasteiger partial charge in [-0.25, -0.2) is 13.8 Å². The SMILES string of the molecule is CNN1CCC2(C1)CC2(F)F. The summed E-state index contributed by atoms with van der Waals surface area (Å²) in [4.78, 5) is 0. The van der Waals surface area contributed by atoms with E-state index in [0.717, 1.165) is 6.54 Å². The number of halogens is 2. The van der Waals surface area contributed by atoms with Crippen molar-refractivity contribution in [1.29, 1.82) is 0 Å². The lowest BCUT2D eigenvalue weighted by molar-refractivity contribution is 0.0641. The van der Waals surface area contributed by atoms with Gasteiger partial charge in [0.05, 0.1) is 5.41 Å². The van der Waals surface area contributed by atoms with Crippen LogP contribution in [-0.2, 0) is 0 Å². The lowest BCUT2D eigenvalue weighted by Gasteiger charge is -2.13. The summed E-state index contributed by atoms with van der Waals surface area (Å²) >= 11 is 0. The first kappa shape index (κ1) is 7.43. The van der Waals surface area contributed by atoms with E-state index in [1.165, 1.54) is 0 Å². The summed E-state index contributed by atoms with van der Waals surface area (Å²) in [6, 6.07) is 0. The molecule has 2 aliphatic rings. The van der Waals surface area contributed by atoms with Crippen molar-refractivity contribution in [3.05, 3.63) is 0 Å². The van der Waals surface area contributed by atoms with Crippen molar-refractivity contribution in [1.82, 2.24) is 10.4 Å². The van der Waals surface area contributed by atoms with Crippen LogP contribution in [0.1, 0.15) is 12.8 Å². The van der Waals surface area contributed by atoms with Gasteiger partial charge in [-0.15, -0.1) is 0 Å². The highest BCUT2D eigenvalue weighted by molar-refractivity contribution is 5.13. The fraction of sp³-hybridized carbons (Fsp3) is 1.00. The molecule has 1 spiro atoms. The molecule has 64 valence electrons. The summed E-state index contributed by atoms with van der Waals surface area (Å²) < 4.78 is 25.5. The van der Waals surface area contributed by atoms with E-state index in [2.05, 4.69) is 5.43 Å². The second-order valence-corrected chi connectivity index (χ2v) is 3.56. The van der Waals surface area contributed by atoms with E-state index in [0.29, 0.717) is 13.0 Å². The fourth-order valence-electron chi connectivity index (χ4n) is 1.89. The molecule has 0 bridgehead atoms. The Bertz CT molecular complexity index is 183. The van der Waals surface area contributed by atoms with Crippen molar-refractivity contribution >= 4 is 0 Å². The van der Waals surface area contributed by atoms with Crippen LogP contribution in [0.2, 0.25) is 0 Å². The smallest absolute Gasteiger partial charge is 0.256 e. The zero-order chi connectivity index (χ0) is 8.11. The second-order valence-electron chi connectivity index (χ2n) is 3.56.